The monoisotopic (exact) mass is 366 g/mol. The van der Waals surface area contributed by atoms with Crippen molar-refractivity contribution >= 4 is 15.9 Å². The largest absolute Gasteiger partial charge is 0.381 e. The second kappa shape index (κ2) is 8.29. The van der Waals surface area contributed by atoms with Crippen LogP contribution in [0, 0.1) is 5.92 Å². The molecule has 1 aromatic rings. The van der Waals surface area contributed by atoms with Crippen molar-refractivity contribution in [3.63, 3.8) is 0 Å². The first-order valence-corrected chi connectivity index (χ1v) is 10.5. The predicted octanol–water partition coefficient (Wildman–Crippen LogP) is 2.06. The van der Waals surface area contributed by atoms with Gasteiger partial charge in [-0.15, -0.1) is 0 Å². The summed E-state index contributed by atoms with van der Waals surface area (Å²) in [5.74, 6) is 0.0807. The maximum atomic E-state index is 12.5. The molecule has 1 saturated heterocycles. The lowest BCUT2D eigenvalue weighted by Gasteiger charge is -2.22. The van der Waals surface area contributed by atoms with Crippen LogP contribution in [0.1, 0.15) is 48.9 Å². The standard InChI is InChI=1S/C18H26N2O4S/c21-18(19-12-14-5-4-10-24-13-14)15-6-3-9-17(11-15)25(22,23)20-16-7-1-2-8-16/h3,6,9,11,14,16,20H,1-2,4-5,7-8,10,12-13H2,(H,19,21)/t14-/m0/s1. The first-order chi connectivity index (χ1) is 12.0. The van der Waals surface area contributed by atoms with Crippen molar-refractivity contribution in [3.8, 4) is 0 Å². The number of nitrogens with one attached hydrogen (secondary N) is 2. The fourth-order valence-electron chi connectivity index (χ4n) is 3.44. The Morgan fingerprint density at radius 1 is 1.16 bits per heavy atom. The van der Waals surface area contributed by atoms with E-state index in [0.717, 1.165) is 45.1 Å². The number of amides is 1. The molecule has 0 bridgehead atoms. The van der Waals surface area contributed by atoms with E-state index in [1.165, 1.54) is 12.1 Å². The second-order valence-electron chi connectivity index (χ2n) is 6.92. The van der Waals surface area contributed by atoms with Crippen molar-refractivity contribution in [3.05, 3.63) is 29.8 Å². The molecule has 0 aromatic heterocycles. The molecule has 7 heteroatoms. The highest BCUT2D eigenvalue weighted by molar-refractivity contribution is 7.89. The Kier molecular flexibility index (Phi) is 6.09. The lowest BCUT2D eigenvalue weighted by Crippen LogP contribution is -2.34. The summed E-state index contributed by atoms with van der Waals surface area (Å²) < 4.78 is 33.2. The summed E-state index contributed by atoms with van der Waals surface area (Å²) in [7, 11) is -3.59. The summed E-state index contributed by atoms with van der Waals surface area (Å²) in [5.41, 5.74) is 0.367. The summed E-state index contributed by atoms with van der Waals surface area (Å²) in [5, 5.41) is 2.89. The molecule has 0 spiro atoms. The van der Waals surface area contributed by atoms with E-state index in [2.05, 4.69) is 10.0 Å². The van der Waals surface area contributed by atoms with Crippen LogP contribution in [0.3, 0.4) is 0 Å². The van der Waals surface area contributed by atoms with Crippen LogP contribution in [0.2, 0.25) is 0 Å². The van der Waals surface area contributed by atoms with Gasteiger partial charge in [0.05, 0.1) is 11.5 Å². The van der Waals surface area contributed by atoms with Gasteiger partial charge >= 0.3 is 0 Å². The van der Waals surface area contributed by atoms with Crippen molar-refractivity contribution in [2.75, 3.05) is 19.8 Å². The Labute approximate surface area is 149 Å². The van der Waals surface area contributed by atoms with E-state index in [-0.39, 0.29) is 16.8 Å². The minimum atomic E-state index is -3.59. The highest BCUT2D eigenvalue weighted by Gasteiger charge is 2.23. The lowest BCUT2D eigenvalue weighted by molar-refractivity contribution is 0.0536. The maximum Gasteiger partial charge on any atom is 0.251 e. The fraction of sp³-hybridized carbons (Fsp3) is 0.611. The van der Waals surface area contributed by atoms with E-state index in [4.69, 9.17) is 4.74 Å². The minimum Gasteiger partial charge on any atom is -0.381 e. The maximum absolute atomic E-state index is 12.5. The van der Waals surface area contributed by atoms with Gasteiger partial charge in [0.1, 0.15) is 0 Å². The van der Waals surface area contributed by atoms with Gasteiger partial charge in [0, 0.05) is 24.8 Å². The highest BCUT2D eigenvalue weighted by Crippen LogP contribution is 2.21. The first kappa shape index (κ1) is 18.4. The number of sulfonamides is 1. The van der Waals surface area contributed by atoms with Gasteiger partial charge in [0.25, 0.3) is 5.91 Å². The van der Waals surface area contributed by atoms with Gasteiger partial charge in [0.2, 0.25) is 10.0 Å². The molecule has 0 radical (unpaired) electrons. The van der Waals surface area contributed by atoms with Crippen LogP contribution >= 0.6 is 0 Å². The molecule has 3 rings (SSSR count). The molecule has 1 heterocycles. The van der Waals surface area contributed by atoms with Gasteiger partial charge in [-0.3, -0.25) is 4.79 Å². The van der Waals surface area contributed by atoms with Gasteiger partial charge in [-0.2, -0.15) is 0 Å². The van der Waals surface area contributed by atoms with Crippen molar-refractivity contribution in [2.24, 2.45) is 5.92 Å². The van der Waals surface area contributed by atoms with Gasteiger partial charge in [0.15, 0.2) is 0 Å². The molecule has 2 N–H and O–H groups in total. The third-order valence-corrected chi connectivity index (χ3v) is 6.41. The zero-order chi connectivity index (χ0) is 17.7. The Morgan fingerprint density at radius 3 is 2.68 bits per heavy atom. The molecule has 1 atom stereocenters. The molecular formula is C18H26N2O4S. The van der Waals surface area contributed by atoms with E-state index in [1.807, 2.05) is 0 Å². The van der Waals surface area contributed by atoms with Crippen LogP contribution < -0.4 is 10.0 Å². The molecule has 1 saturated carbocycles. The van der Waals surface area contributed by atoms with Crippen LogP contribution in [0.5, 0.6) is 0 Å². The molecule has 0 unspecified atom stereocenters. The van der Waals surface area contributed by atoms with Crippen LogP contribution in [0.4, 0.5) is 0 Å². The van der Waals surface area contributed by atoms with Crippen molar-refractivity contribution in [1.82, 2.24) is 10.0 Å². The minimum absolute atomic E-state index is 0.00813. The van der Waals surface area contributed by atoms with E-state index < -0.39 is 10.0 Å². The van der Waals surface area contributed by atoms with Gasteiger partial charge in [-0.05, 0) is 49.8 Å². The zero-order valence-corrected chi connectivity index (χ0v) is 15.2. The highest BCUT2D eigenvalue weighted by atomic mass is 32.2. The quantitative estimate of drug-likeness (QED) is 0.807. The number of carbonyl (C=O) groups excluding carboxylic acids is 1. The SMILES string of the molecule is O=C(NC[C@@H]1CCCOC1)c1cccc(S(=O)(=O)NC2CCCC2)c1. The molecule has 1 aromatic carbocycles. The molecule has 2 fully saturated rings. The Morgan fingerprint density at radius 2 is 1.96 bits per heavy atom. The van der Waals surface area contributed by atoms with Gasteiger partial charge < -0.3 is 10.1 Å². The average molecular weight is 366 g/mol. The van der Waals surface area contributed by atoms with Crippen LogP contribution in [-0.2, 0) is 14.8 Å². The molecule has 2 aliphatic rings. The van der Waals surface area contributed by atoms with Crippen LogP contribution in [-0.4, -0.2) is 40.1 Å². The summed E-state index contributed by atoms with van der Waals surface area (Å²) in [6.07, 6.45) is 5.92. The smallest absolute Gasteiger partial charge is 0.251 e. The molecule has 1 amide bonds. The Hall–Kier alpha value is -1.44. The normalized spacial score (nSPS) is 22.0. The number of carbonyl (C=O) groups is 1. The topological polar surface area (TPSA) is 84.5 Å². The van der Waals surface area contributed by atoms with E-state index in [9.17, 15) is 13.2 Å². The average Bonchev–Trinajstić information content (AvgIpc) is 3.13. The zero-order valence-electron chi connectivity index (χ0n) is 14.4. The van der Waals surface area contributed by atoms with E-state index in [0.29, 0.717) is 24.6 Å². The summed E-state index contributed by atoms with van der Waals surface area (Å²) in [6, 6.07) is 6.24. The molecule has 138 valence electrons. The van der Waals surface area contributed by atoms with Crippen molar-refractivity contribution in [1.29, 1.82) is 0 Å². The summed E-state index contributed by atoms with van der Waals surface area (Å²) in [6.45, 7) is 2.01. The molecule has 6 nitrogen and oxygen atoms in total. The van der Waals surface area contributed by atoms with Gasteiger partial charge in [-0.1, -0.05) is 18.9 Å². The van der Waals surface area contributed by atoms with Crippen molar-refractivity contribution < 1.29 is 17.9 Å². The number of hydrogen-bond donors (Lipinski definition) is 2. The molecule has 25 heavy (non-hydrogen) atoms. The predicted molar refractivity (Wildman–Crippen MR) is 94.9 cm³/mol. The number of ether oxygens (including phenoxy) is 1. The number of hydrogen-bond acceptors (Lipinski definition) is 4. The van der Waals surface area contributed by atoms with Crippen molar-refractivity contribution in [2.45, 2.75) is 49.5 Å². The van der Waals surface area contributed by atoms with Crippen LogP contribution in [0.15, 0.2) is 29.2 Å². The fourth-order valence-corrected chi connectivity index (χ4v) is 4.79. The summed E-state index contributed by atoms with van der Waals surface area (Å²) in [4.78, 5) is 12.5. The molecular weight excluding hydrogens is 340 g/mol. The third-order valence-electron chi connectivity index (χ3n) is 4.89. The van der Waals surface area contributed by atoms with E-state index >= 15 is 0 Å². The third kappa shape index (κ3) is 5.03. The van der Waals surface area contributed by atoms with Crippen LogP contribution in [0.25, 0.3) is 0 Å². The summed E-state index contributed by atoms with van der Waals surface area (Å²) >= 11 is 0. The molecule has 1 aliphatic carbocycles. The Balaban J connectivity index is 1.62. The second-order valence-corrected chi connectivity index (χ2v) is 8.64. The number of rotatable bonds is 6. The number of benzene rings is 1. The first-order valence-electron chi connectivity index (χ1n) is 9.03. The Bertz CT molecular complexity index is 693. The van der Waals surface area contributed by atoms with E-state index in [1.54, 1.807) is 12.1 Å². The molecule has 1 aliphatic heterocycles. The lowest BCUT2D eigenvalue weighted by atomic mass is 10.0. The van der Waals surface area contributed by atoms with Gasteiger partial charge in [-0.25, -0.2) is 13.1 Å².